The third-order valence-corrected chi connectivity index (χ3v) is 3.84. The van der Waals surface area contributed by atoms with E-state index >= 15 is 0 Å². The molecule has 1 N–H and O–H groups in total. The van der Waals surface area contributed by atoms with Crippen LogP contribution in [0.4, 0.5) is 5.69 Å². The normalized spacial score (nSPS) is 10.7. The van der Waals surface area contributed by atoms with E-state index in [4.69, 9.17) is 4.42 Å². The van der Waals surface area contributed by atoms with Crippen molar-refractivity contribution in [2.75, 3.05) is 26.0 Å². The van der Waals surface area contributed by atoms with Gasteiger partial charge in [0.15, 0.2) is 0 Å². The fourth-order valence-corrected chi connectivity index (χ4v) is 2.67. The van der Waals surface area contributed by atoms with E-state index < -0.39 is 5.97 Å². The Morgan fingerprint density at radius 1 is 1.29 bits per heavy atom. The predicted molar refractivity (Wildman–Crippen MR) is 93.9 cm³/mol. The van der Waals surface area contributed by atoms with Gasteiger partial charge in [-0.2, -0.15) is 0 Å². The van der Waals surface area contributed by atoms with E-state index in [1.807, 2.05) is 25.1 Å². The molecule has 7 heteroatoms. The van der Waals surface area contributed by atoms with Crippen molar-refractivity contribution in [2.24, 2.45) is 0 Å². The summed E-state index contributed by atoms with van der Waals surface area (Å²) >= 11 is 3.39. The number of amides is 1. The number of anilines is 1. The number of likely N-dealkylation sites (N-methyl/N-ethyl adjacent to an activating group) is 1. The largest absolute Gasteiger partial charge is 0.463 e. The molecule has 1 heterocycles. The molecule has 0 unspecified atom stereocenters. The van der Waals surface area contributed by atoms with Gasteiger partial charge in [0, 0.05) is 10.2 Å². The molecule has 0 aliphatic carbocycles. The third-order valence-electron chi connectivity index (χ3n) is 3.35. The maximum atomic E-state index is 12.1. The average molecular weight is 395 g/mol. The number of hydrogen-bond donors (Lipinski definition) is 1. The van der Waals surface area contributed by atoms with Crippen LogP contribution < -0.4 is 5.32 Å². The molecule has 0 fully saturated rings. The number of halogens is 1. The van der Waals surface area contributed by atoms with Gasteiger partial charge in [0.2, 0.25) is 11.7 Å². The van der Waals surface area contributed by atoms with Crippen LogP contribution in [-0.4, -0.2) is 37.5 Å². The van der Waals surface area contributed by atoms with Crippen molar-refractivity contribution >= 4 is 33.5 Å². The van der Waals surface area contributed by atoms with Crippen LogP contribution in [-0.2, 0) is 16.1 Å². The van der Waals surface area contributed by atoms with Crippen LogP contribution >= 0.6 is 15.9 Å². The lowest BCUT2D eigenvalue weighted by molar-refractivity contribution is -0.117. The van der Waals surface area contributed by atoms with Crippen LogP contribution in [0.15, 0.2) is 39.2 Å². The Morgan fingerprint density at radius 2 is 2.04 bits per heavy atom. The Hall–Kier alpha value is -2.12. The summed E-state index contributed by atoms with van der Waals surface area (Å²) in [6.45, 7) is 2.54. The van der Waals surface area contributed by atoms with Crippen LogP contribution in [0.2, 0.25) is 0 Å². The zero-order valence-electron chi connectivity index (χ0n) is 13.8. The number of furan rings is 1. The molecule has 0 saturated carbocycles. The molecule has 1 aromatic carbocycles. The molecular weight excluding hydrogens is 376 g/mol. The second-order valence-corrected chi connectivity index (χ2v) is 6.35. The number of methoxy groups -OCH3 is 1. The topological polar surface area (TPSA) is 71.8 Å². The van der Waals surface area contributed by atoms with Crippen LogP contribution in [0.3, 0.4) is 0 Å². The van der Waals surface area contributed by atoms with Gasteiger partial charge in [0.05, 0.1) is 20.2 Å². The number of hydrogen-bond acceptors (Lipinski definition) is 5. The second kappa shape index (κ2) is 8.12. The minimum absolute atomic E-state index is 0.123. The van der Waals surface area contributed by atoms with E-state index in [9.17, 15) is 9.59 Å². The van der Waals surface area contributed by atoms with Crippen molar-refractivity contribution in [1.29, 1.82) is 0 Å². The minimum atomic E-state index is -0.521. The number of aryl methyl sites for hydroxylation is 1. The fourth-order valence-electron chi connectivity index (χ4n) is 2.20. The molecule has 1 aromatic heterocycles. The Labute approximate surface area is 148 Å². The Kier molecular flexibility index (Phi) is 6.16. The van der Waals surface area contributed by atoms with Crippen molar-refractivity contribution in [3.8, 4) is 0 Å². The molecule has 0 bridgehead atoms. The van der Waals surface area contributed by atoms with E-state index in [0.29, 0.717) is 12.3 Å². The van der Waals surface area contributed by atoms with Gasteiger partial charge in [-0.3, -0.25) is 9.69 Å². The van der Waals surface area contributed by atoms with Gasteiger partial charge in [-0.1, -0.05) is 15.9 Å². The SMILES string of the molecule is COC(=O)c1ccc(CN(C)CC(=O)Nc2ccc(Br)cc2C)o1. The van der Waals surface area contributed by atoms with Gasteiger partial charge in [-0.25, -0.2) is 4.79 Å². The molecule has 0 saturated heterocycles. The molecule has 0 spiro atoms. The highest BCUT2D eigenvalue weighted by atomic mass is 79.9. The highest BCUT2D eigenvalue weighted by Crippen LogP contribution is 2.20. The summed E-state index contributed by atoms with van der Waals surface area (Å²) in [7, 11) is 3.10. The highest BCUT2D eigenvalue weighted by molar-refractivity contribution is 9.10. The van der Waals surface area contributed by atoms with E-state index in [0.717, 1.165) is 15.7 Å². The number of ether oxygens (including phenoxy) is 1. The third kappa shape index (κ3) is 4.94. The number of carbonyl (C=O) groups is 2. The maximum Gasteiger partial charge on any atom is 0.373 e. The summed E-state index contributed by atoms with van der Waals surface area (Å²) in [4.78, 5) is 25.3. The molecule has 0 aliphatic heterocycles. The first-order valence-electron chi connectivity index (χ1n) is 7.30. The summed E-state index contributed by atoms with van der Waals surface area (Å²) in [6.07, 6.45) is 0. The second-order valence-electron chi connectivity index (χ2n) is 5.44. The molecule has 1 amide bonds. The van der Waals surface area contributed by atoms with Gasteiger partial charge < -0.3 is 14.5 Å². The fraction of sp³-hybridized carbons (Fsp3) is 0.294. The van der Waals surface area contributed by atoms with E-state index in [1.54, 1.807) is 24.1 Å². The van der Waals surface area contributed by atoms with E-state index in [-0.39, 0.29) is 18.2 Å². The van der Waals surface area contributed by atoms with Crippen molar-refractivity contribution < 1.29 is 18.7 Å². The number of nitrogens with one attached hydrogen (secondary N) is 1. The highest BCUT2D eigenvalue weighted by Gasteiger charge is 2.14. The lowest BCUT2D eigenvalue weighted by Crippen LogP contribution is -2.29. The first-order chi connectivity index (χ1) is 11.4. The number of rotatable bonds is 6. The Balaban J connectivity index is 1.89. The monoisotopic (exact) mass is 394 g/mol. The lowest BCUT2D eigenvalue weighted by Gasteiger charge is -2.15. The summed E-state index contributed by atoms with van der Waals surface area (Å²) < 4.78 is 10.9. The van der Waals surface area contributed by atoms with Crippen LogP contribution in [0.5, 0.6) is 0 Å². The first kappa shape index (κ1) is 18.2. The van der Waals surface area contributed by atoms with Gasteiger partial charge in [0.1, 0.15) is 5.76 Å². The standard InChI is InChI=1S/C17H19BrN2O4/c1-11-8-12(18)4-6-14(11)19-16(21)10-20(2)9-13-5-7-15(24-13)17(22)23-3/h4-8H,9-10H2,1-3H3,(H,19,21). The Morgan fingerprint density at radius 3 is 2.71 bits per heavy atom. The van der Waals surface area contributed by atoms with Gasteiger partial charge in [-0.05, 0) is 49.9 Å². The van der Waals surface area contributed by atoms with Crippen LogP contribution in [0, 0.1) is 6.92 Å². The molecule has 2 aromatic rings. The van der Waals surface area contributed by atoms with Gasteiger partial charge in [0.25, 0.3) is 0 Å². The average Bonchev–Trinajstić information content (AvgIpc) is 2.97. The van der Waals surface area contributed by atoms with Crippen LogP contribution in [0.25, 0.3) is 0 Å². The summed E-state index contributed by atoms with van der Waals surface area (Å²) in [5, 5.41) is 2.88. The molecule has 0 atom stereocenters. The van der Waals surface area contributed by atoms with Crippen molar-refractivity contribution in [2.45, 2.75) is 13.5 Å². The summed E-state index contributed by atoms with van der Waals surface area (Å²) in [5.74, 6) is 0.0939. The number of benzene rings is 1. The molecule has 24 heavy (non-hydrogen) atoms. The van der Waals surface area contributed by atoms with E-state index in [2.05, 4.69) is 26.0 Å². The van der Waals surface area contributed by atoms with E-state index in [1.165, 1.54) is 7.11 Å². The molecule has 128 valence electrons. The summed E-state index contributed by atoms with van der Waals surface area (Å²) in [5.41, 5.74) is 1.76. The quantitative estimate of drug-likeness (QED) is 0.761. The molecule has 0 aliphatic rings. The first-order valence-corrected chi connectivity index (χ1v) is 8.10. The van der Waals surface area contributed by atoms with Crippen molar-refractivity contribution in [3.05, 3.63) is 51.9 Å². The number of esters is 1. The molecule has 6 nitrogen and oxygen atoms in total. The van der Waals surface area contributed by atoms with Crippen molar-refractivity contribution in [3.63, 3.8) is 0 Å². The minimum Gasteiger partial charge on any atom is -0.463 e. The molecular formula is C17H19BrN2O4. The van der Waals surface area contributed by atoms with Crippen LogP contribution in [0.1, 0.15) is 21.9 Å². The van der Waals surface area contributed by atoms with Crippen molar-refractivity contribution in [1.82, 2.24) is 4.90 Å². The number of nitrogens with zero attached hydrogens (tertiary/aromatic N) is 1. The zero-order valence-corrected chi connectivity index (χ0v) is 15.3. The zero-order chi connectivity index (χ0) is 17.7. The van der Waals surface area contributed by atoms with Gasteiger partial charge >= 0.3 is 5.97 Å². The predicted octanol–water partition coefficient (Wildman–Crippen LogP) is 3.21. The molecule has 2 rings (SSSR count). The Bertz CT molecular complexity index is 742. The maximum absolute atomic E-state index is 12.1. The number of carbonyl (C=O) groups excluding carboxylic acids is 2. The lowest BCUT2D eigenvalue weighted by atomic mass is 10.2. The smallest absolute Gasteiger partial charge is 0.373 e. The molecule has 0 radical (unpaired) electrons. The summed E-state index contributed by atoms with van der Waals surface area (Å²) in [6, 6.07) is 8.92. The van der Waals surface area contributed by atoms with Gasteiger partial charge in [-0.15, -0.1) is 0 Å².